The van der Waals surface area contributed by atoms with Crippen molar-refractivity contribution in [3.63, 3.8) is 0 Å². The Kier molecular flexibility index (Phi) is 3.97. The molecule has 4 aromatic rings. The van der Waals surface area contributed by atoms with Crippen LogP contribution >= 0.6 is 23.1 Å². The lowest BCUT2D eigenvalue weighted by Gasteiger charge is -2.07. The van der Waals surface area contributed by atoms with Crippen LogP contribution in [0.5, 0.6) is 0 Å². The molecule has 2 heterocycles. The fourth-order valence-corrected chi connectivity index (χ4v) is 4.52. The Balaban J connectivity index is 2.19. The van der Waals surface area contributed by atoms with E-state index in [0.29, 0.717) is 22.2 Å². The highest BCUT2D eigenvalue weighted by Gasteiger charge is 2.25. The molecular formula is C19H14ClFN2O2S. The Labute approximate surface area is 157 Å². The van der Waals surface area contributed by atoms with Gasteiger partial charge in [0.15, 0.2) is 0 Å². The average Bonchev–Trinajstić information content (AvgIpc) is 3.12. The van der Waals surface area contributed by atoms with Gasteiger partial charge in [0.05, 0.1) is 20.9 Å². The number of nitrogens with zero attached hydrogens (tertiary/aromatic N) is 2. The van der Waals surface area contributed by atoms with E-state index in [0.717, 1.165) is 21.3 Å². The maximum Gasteiger partial charge on any atom is 0.323 e. The number of carbonyl (C=O) groups is 1. The predicted molar refractivity (Wildman–Crippen MR) is 103 cm³/mol. The maximum atomic E-state index is 14.4. The van der Waals surface area contributed by atoms with Crippen LogP contribution in [0.1, 0.15) is 11.3 Å². The van der Waals surface area contributed by atoms with Gasteiger partial charge < -0.3 is 9.67 Å². The predicted octanol–water partition coefficient (Wildman–Crippen LogP) is 5.41. The van der Waals surface area contributed by atoms with Crippen LogP contribution in [0.2, 0.25) is 5.02 Å². The standard InChI is InChI=1S/C19H14ClFN2O2S/c1-9-13(21)7-12(20)19-16(9)17(10(2)23(19)8-15(24)25)18-11-5-3-4-6-14(11)26-22-18/h3-7H,8H2,1-2H3,(H,24,25). The number of aromatic nitrogens is 2. The highest BCUT2D eigenvalue weighted by atomic mass is 35.5. The molecule has 0 aliphatic rings. The Morgan fingerprint density at radius 3 is 2.81 bits per heavy atom. The number of halogens is 2. The van der Waals surface area contributed by atoms with Gasteiger partial charge in [0.2, 0.25) is 0 Å². The largest absolute Gasteiger partial charge is 0.480 e. The van der Waals surface area contributed by atoms with Gasteiger partial charge in [-0.2, -0.15) is 4.37 Å². The molecule has 0 unspecified atom stereocenters. The second kappa shape index (κ2) is 6.07. The van der Waals surface area contributed by atoms with Crippen molar-refractivity contribution in [1.82, 2.24) is 8.94 Å². The molecule has 2 aromatic carbocycles. The molecule has 0 amide bonds. The molecule has 0 radical (unpaired) electrons. The Morgan fingerprint density at radius 1 is 1.35 bits per heavy atom. The molecule has 4 nitrogen and oxygen atoms in total. The number of aryl methyl sites for hydroxylation is 1. The summed E-state index contributed by atoms with van der Waals surface area (Å²) >= 11 is 7.68. The van der Waals surface area contributed by atoms with E-state index < -0.39 is 11.8 Å². The highest BCUT2D eigenvalue weighted by Crippen LogP contribution is 2.43. The Morgan fingerprint density at radius 2 is 2.08 bits per heavy atom. The summed E-state index contributed by atoms with van der Waals surface area (Å²) in [6.07, 6.45) is 0. The first kappa shape index (κ1) is 17.0. The van der Waals surface area contributed by atoms with Gasteiger partial charge >= 0.3 is 5.97 Å². The number of fused-ring (bicyclic) bond motifs is 2. The molecule has 0 aliphatic carbocycles. The first-order valence-corrected chi connectivity index (χ1v) is 9.09. The SMILES string of the molecule is Cc1c(F)cc(Cl)c2c1c(-c1nsc3ccccc13)c(C)n2CC(=O)O. The molecule has 4 rings (SSSR count). The van der Waals surface area contributed by atoms with Gasteiger partial charge in [0.25, 0.3) is 0 Å². The smallest absolute Gasteiger partial charge is 0.323 e. The first-order chi connectivity index (χ1) is 12.4. The molecule has 0 spiro atoms. The van der Waals surface area contributed by atoms with Crippen molar-refractivity contribution in [3.05, 3.63) is 52.4 Å². The minimum absolute atomic E-state index is 0.193. The molecule has 0 fully saturated rings. The second-order valence-corrected chi connectivity index (χ2v) is 7.37. The number of benzene rings is 2. The average molecular weight is 389 g/mol. The lowest BCUT2D eigenvalue weighted by molar-refractivity contribution is -0.137. The number of carboxylic acid groups (broad SMARTS) is 1. The van der Waals surface area contributed by atoms with E-state index in [9.17, 15) is 14.3 Å². The summed E-state index contributed by atoms with van der Waals surface area (Å²) in [5.41, 5.74) is 3.12. The van der Waals surface area contributed by atoms with E-state index in [2.05, 4.69) is 4.37 Å². The number of aliphatic carboxylic acids is 1. The van der Waals surface area contributed by atoms with Gasteiger partial charge in [-0.3, -0.25) is 4.79 Å². The van der Waals surface area contributed by atoms with Crippen molar-refractivity contribution in [3.8, 4) is 11.3 Å². The third-order valence-corrected chi connectivity index (χ3v) is 5.76. The summed E-state index contributed by atoms with van der Waals surface area (Å²) in [4.78, 5) is 11.4. The van der Waals surface area contributed by atoms with Crippen molar-refractivity contribution in [1.29, 1.82) is 0 Å². The van der Waals surface area contributed by atoms with Gasteiger partial charge in [-0.05, 0) is 43.1 Å². The fourth-order valence-electron chi connectivity index (χ4n) is 3.45. The van der Waals surface area contributed by atoms with Gasteiger partial charge in [-0.15, -0.1) is 0 Å². The van der Waals surface area contributed by atoms with Gasteiger partial charge in [-0.25, -0.2) is 4.39 Å². The van der Waals surface area contributed by atoms with E-state index in [-0.39, 0.29) is 11.6 Å². The number of hydrogen-bond donors (Lipinski definition) is 1. The molecule has 0 aliphatic heterocycles. The zero-order valence-electron chi connectivity index (χ0n) is 14.0. The molecule has 26 heavy (non-hydrogen) atoms. The number of rotatable bonds is 3. The van der Waals surface area contributed by atoms with Crippen LogP contribution in [0.25, 0.3) is 32.2 Å². The third kappa shape index (κ3) is 2.40. The zero-order valence-corrected chi connectivity index (χ0v) is 15.6. The summed E-state index contributed by atoms with van der Waals surface area (Å²) in [6.45, 7) is 3.24. The number of carboxylic acids is 1. The first-order valence-electron chi connectivity index (χ1n) is 7.94. The van der Waals surface area contributed by atoms with Crippen LogP contribution in [0.3, 0.4) is 0 Å². The monoisotopic (exact) mass is 388 g/mol. The molecule has 0 bridgehead atoms. The fraction of sp³-hybridized carbons (Fsp3) is 0.158. The summed E-state index contributed by atoms with van der Waals surface area (Å²) in [5, 5.41) is 11.1. The highest BCUT2D eigenvalue weighted by molar-refractivity contribution is 7.13. The maximum absolute atomic E-state index is 14.4. The molecule has 7 heteroatoms. The van der Waals surface area contributed by atoms with E-state index in [1.807, 2.05) is 31.2 Å². The molecule has 0 atom stereocenters. The molecule has 0 saturated heterocycles. The summed E-state index contributed by atoms with van der Waals surface area (Å²) in [7, 11) is 0. The molecule has 1 N–H and O–H groups in total. The van der Waals surface area contributed by atoms with E-state index in [4.69, 9.17) is 11.6 Å². The lowest BCUT2D eigenvalue weighted by atomic mass is 10.0. The second-order valence-electron chi connectivity index (χ2n) is 6.16. The topological polar surface area (TPSA) is 55.1 Å². The lowest BCUT2D eigenvalue weighted by Crippen LogP contribution is -2.10. The zero-order chi connectivity index (χ0) is 18.6. The minimum Gasteiger partial charge on any atom is -0.480 e. The molecule has 0 saturated carbocycles. The normalized spacial score (nSPS) is 11.5. The van der Waals surface area contributed by atoms with Gasteiger partial charge in [-0.1, -0.05) is 29.8 Å². The van der Waals surface area contributed by atoms with E-state index in [1.165, 1.54) is 17.6 Å². The Bertz CT molecular complexity index is 1200. The quantitative estimate of drug-likeness (QED) is 0.510. The van der Waals surface area contributed by atoms with Crippen LogP contribution in [0, 0.1) is 19.7 Å². The van der Waals surface area contributed by atoms with Crippen LogP contribution in [0.15, 0.2) is 30.3 Å². The summed E-state index contributed by atoms with van der Waals surface area (Å²) in [6, 6.07) is 9.03. The third-order valence-electron chi connectivity index (χ3n) is 4.64. The molecule has 2 aromatic heterocycles. The minimum atomic E-state index is -0.988. The van der Waals surface area contributed by atoms with Crippen molar-refractivity contribution in [2.45, 2.75) is 20.4 Å². The van der Waals surface area contributed by atoms with Crippen molar-refractivity contribution in [2.24, 2.45) is 0 Å². The van der Waals surface area contributed by atoms with Crippen LogP contribution in [-0.2, 0) is 11.3 Å². The Hall–Kier alpha value is -2.44. The van der Waals surface area contributed by atoms with E-state index >= 15 is 0 Å². The van der Waals surface area contributed by atoms with Crippen molar-refractivity contribution < 1.29 is 14.3 Å². The summed E-state index contributed by atoms with van der Waals surface area (Å²) in [5.74, 6) is -1.41. The van der Waals surface area contributed by atoms with Gasteiger partial charge in [0.1, 0.15) is 12.4 Å². The van der Waals surface area contributed by atoms with Crippen LogP contribution < -0.4 is 0 Å². The van der Waals surface area contributed by atoms with Crippen LogP contribution in [0.4, 0.5) is 4.39 Å². The van der Waals surface area contributed by atoms with E-state index in [1.54, 1.807) is 11.5 Å². The van der Waals surface area contributed by atoms with Crippen molar-refractivity contribution >= 4 is 50.1 Å². The summed E-state index contributed by atoms with van der Waals surface area (Å²) < 4.78 is 21.6. The van der Waals surface area contributed by atoms with Crippen molar-refractivity contribution in [2.75, 3.05) is 0 Å². The number of hydrogen-bond acceptors (Lipinski definition) is 3. The van der Waals surface area contributed by atoms with Crippen LogP contribution in [-0.4, -0.2) is 20.0 Å². The van der Waals surface area contributed by atoms with Gasteiger partial charge in [0, 0.05) is 22.0 Å². The molecule has 132 valence electrons. The molecular weight excluding hydrogens is 375 g/mol.